The molecule has 0 amide bonds. The highest BCUT2D eigenvalue weighted by atomic mass is 14.3. The average molecular weight is 128 g/mol. The van der Waals surface area contributed by atoms with Crippen LogP contribution >= 0.6 is 0 Å². The first kappa shape index (κ1) is 8.29. The molecule has 0 bridgehead atoms. The maximum atomic E-state index is 5.95. The molecule has 1 saturated carbocycles. The smallest absolute Gasteiger partial charge is 0.0730 e. The topological polar surface area (TPSA) is 0 Å². The van der Waals surface area contributed by atoms with E-state index in [4.69, 9.17) is 23.5 Å². The second-order valence-electron chi connectivity index (χ2n) is 3.32. The summed E-state index contributed by atoms with van der Waals surface area (Å²) in [5.41, 5.74) is -0.340. The maximum absolute atomic E-state index is 5.95. The summed E-state index contributed by atoms with van der Waals surface area (Å²) in [4.78, 5) is 0. The first-order valence-electron chi connectivity index (χ1n) is 3.95. The lowest BCUT2D eigenvalue weighted by molar-refractivity contribution is 0.393. The summed E-state index contributed by atoms with van der Waals surface area (Å²) < 4.78 is 0. The van der Waals surface area contributed by atoms with Crippen molar-refractivity contribution in [2.45, 2.75) is 43.1 Å². The van der Waals surface area contributed by atoms with Gasteiger partial charge in [-0.2, -0.15) is 0 Å². The van der Waals surface area contributed by atoms with Crippen molar-refractivity contribution in [3.63, 3.8) is 0 Å². The predicted molar refractivity (Wildman–Crippen MR) is 46.8 cm³/mol. The Morgan fingerprint density at radius 2 is 1.50 bits per heavy atom. The molecule has 0 nitrogen and oxygen atoms in total. The molecule has 1 rings (SSSR count). The van der Waals surface area contributed by atoms with Gasteiger partial charge in [0.2, 0.25) is 0 Å². The molecule has 10 heavy (non-hydrogen) atoms. The molecule has 0 saturated heterocycles. The van der Waals surface area contributed by atoms with Crippen LogP contribution in [0.3, 0.4) is 0 Å². The molecule has 0 atom stereocenters. The third-order valence-corrected chi connectivity index (χ3v) is 2.45. The fourth-order valence-corrected chi connectivity index (χ4v) is 1.54. The summed E-state index contributed by atoms with van der Waals surface area (Å²) >= 11 is 0. The van der Waals surface area contributed by atoms with Crippen LogP contribution < -0.4 is 0 Å². The van der Waals surface area contributed by atoms with Crippen LogP contribution in [0.2, 0.25) is 11.0 Å². The van der Waals surface area contributed by atoms with Crippen molar-refractivity contribution in [1.82, 2.24) is 0 Å². The Hall–Kier alpha value is 0.195. The molecule has 0 aromatic carbocycles. The molecule has 0 N–H and O–H groups in total. The summed E-state index contributed by atoms with van der Waals surface area (Å²) in [5, 5.41) is -0.266. The predicted octanol–water partition coefficient (Wildman–Crippen LogP) is 1.36. The van der Waals surface area contributed by atoms with E-state index in [1.54, 1.807) is 0 Å². The van der Waals surface area contributed by atoms with Crippen molar-refractivity contribution >= 4 is 23.5 Å². The zero-order valence-electron chi connectivity index (χ0n) is 6.34. The van der Waals surface area contributed by atoms with Crippen LogP contribution in [0.25, 0.3) is 0 Å². The Morgan fingerprint density at radius 3 is 1.80 bits per heavy atom. The molecule has 48 valence electrons. The monoisotopic (exact) mass is 128 g/mol. The fourth-order valence-electron chi connectivity index (χ4n) is 1.54. The molecule has 0 spiro atoms. The van der Waals surface area contributed by atoms with Crippen molar-refractivity contribution in [3.8, 4) is 0 Å². The highest BCUT2D eigenvalue weighted by molar-refractivity contribution is 6.40. The fraction of sp³-hybridized carbons (Fsp3) is 1.00. The van der Waals surface area contributed by atoms with Gasteiger partial charge in [0.1, 0.15) is 0 Å². The van der Waals surface area contributed by atoms with Crippen LogP contribution in [0.15, 0.2) is 0 Å². The van der Waals surface area contributed by atoms with Crippen molar-refractivity contribution in [3.05, 3.63) is 0 Å². The largest absolute Gasteiger partial charge is 0.112 e. The summed E-state index contributed by atoms with van der Waals surface area (Å²) in [7, 11) is 17.1. The Labute approximate surface area is 67.4 Å². The molecule has 0 heterocycles. The number of hydrogen-bond donors (Lipinski definition) is 0. The molecular formula is C7H11B3. The standard InChI is InChI=1S/C7H11B3/c8-6(9)7(10)4-2-1-3-5-7/h6H,1-5H2. The van der Waals surface area contributed by atoms with Gasteiger partial charge in [-0.25, -0.2) is 0 Å². The summed E-state index contributed by atoms with van der Waals surface area (Å²) in [5.74, 6) is 0. The zero-order chi connectivity index (χ0) is 7.61. The molecule has 1 aliphatic carbocycles. The quantitative estimate of drug-likeness (QED) is 0.467. The van der Waals surface area contributed by atoms with Gasteiger partial charge in [0, 0.05) is 0 Å². The van der Waals surface area contributed by atoms with Gasteiger partial charge in [-0.15, -0.1) is 5.72 Å². The normalized spacial score (nSPS) is 24.9. The van der Waals surface area contributed by atoms with Crippen molar-refractivity contribution in [1.29, 1.82) is 0 Å². The van der Waals surface area contributed by atoms with Crippen LogP contribution in [-0.2, 0) is 0 Å². The Morgan fingerprint density at radius 1 is 1.00 bits per heavy atom. The zero-order valence-corrected chi connectivity index (χ0v) is 6.34. The molecule has 3 heteroatoms. The minimum Gasteiger partial charge on any atom is -0.112 e. The van der Waals surface area contributed by atoms with E-state index in [0.717, 1.165) is 12.8 Å². The first-order valence-corrected chi connectivity index (χ1v) is 3.95. The molecule has 0 aromatic rings. The third kappa shape index (κ3) is 1.62. The molecule has 6 radical (unpaired) electrons. The van der Waals surface area contributed by atoms with Crippen LogP contribution in [-0.4, -0.2) is 23.5 Å². The van der Waals surface area contributed by atoms with E-state index in [1.165, 1.54) is 19.3 Å². The lowest BCUT2D eigenvalue weighted by atomic mass is 9.43. The van der Waals surface area contributed by atoms with E-state index in [2.05, 4.69) is 0 Å². The highest BCUT2D eigenvalue weighted by Crippen LogP contribution is 2.46. The molecular weight excluding hydrogens is 117 g/mol. The van der Waals surface area contributed by atoms with Crippen LogP contribution in [0.5, 0.6) is 0 Å². The van der Waals surface area contributed by atoms with Gasteiger partial charge in [0.05, 0.1) is 23.5 Å². The molecule has 0 aliphatic heterocycles. The molecule has 1 fully saturated rings. The maximum Gasteiger partial charge on any atom is 0.0730 e. The summed E-state index contributed by atoms with van der Waals surface area (Å²) in [6.07, 6.45) is 5.63. The molecule has 0 unspecified atom stereocenters. The van der Waals surface area contributed by atoms with E-state index in [1.807, 2.05) is 0 Å². The van der Waals surface area contributed by atoms with E-state index in [9.17, 15) is 0 Å². The molecule has 0 aromatic heterocycles. The third-order valence-electron chi connectivity index (χ3n) is 2.45. The van der Waals surface area contributed by atoms with Gasteiger partial charge in [-0.1, -0.05) is 37.4 Å². The lowest BCUT2D eigenvalue weighted by Crippen LogP contribution is -2.23. The average Bonchev–Trinajstić information content (AvgIpc) is 1.89. The molecule has 1 aliphatic rings. The van der Waals surface area contributed by atoms with E-state index < -0.39 is 0 Å². The van der Waals surface area contributed by atoms with E-state index >= 15 is 0 Å². The van der Waals surface area contributed by atoms with Crippen molar-refractivity contribution in [2.75, 3.05) is 0 Å². The van der Waals surface area contributed by atoms with E-state index in [0.29, 0.717) is 0 Å². The van der Waals surface area contributed by atoms with Gasteiger partial charge in [0.15, 0.2) is 0 Å². The van der Waals surface area contributed by atoms with E-state index in [-0.39, 0.29) is 11.0 Å². The summed E-state index contributed by atoms with van der Waals surface area (Å²) in [6, 6.07) is 0. The minimum atomic E-state index is -0.340. The van der Waals surface area contributed by atoms with Gasteiger partial charge in [-0.05, 0) is 0 Å². The van der Waals surface area contributed by atoms with Gasteiger partial charge in [0.25, 0.3) is 0 Å². The van der Waals surface area contributed by atoms with Crippen molar-refractivity contribution in [2.24, 2.45) is 0 Å². The minimum absolute atomic E-state index is 0.266. The van der Waals surface area contributed by atoms with Crippen LogP contribution in [0, 0.1) is 0 Å². The van der Waals surface area contributed by atoms with Crippen LogP contribution in [0.4, 0.5) is 0 Å². The Bertz CT molecular complexity index is 105. The second kappa shape index (κ2) is 3.06. The Balaban J connectivity index is 2.48. The van der Waals surface area contributed by atoms with Crippen molar-refractivity contribution < 1.29 is 0 Å². The number of rotatable bonds is 1. The SMILES string of the molecule is [B]C([B])C1([B])CCCCC1. The Kier molecular flexibility index (Phi) is 2.54. The second-order valence-corrected chi connectivity index (χ2v) is 3.32. The van der Waals surface area contributed by atoms with Gasteiger partial charge < -0.3 is 0 Å². The summed E-state index contributed by atoms with van der Waals surface area (Å²) in [6.45, 7) is 0. The van der Waals surface area contributed by atoms with Gasteiger partial charge >= 0.3 is 0 Å². The van der Waals surface area contributed by atoms with Crippen LogP contribution in [0.1, 0.15) is 32.1 Å². The number of hydrogen-bond acceptors (Lipinski definition) is 0. The first-order chi connectivity index (χ1) is 4.65. The van der Waals surface area contributed by atoms with Gasteiger partial charge in [-0.3, -0.25) is 0 Å². The lowest BCUT2D eigenvalue weighted by Gasteiger charge is -2.38. The highest BCUT2D eigenvalue weighted by Gasteiger charge is 2.28.